The summed E-state index contributed by atoms with van der Waals surface area (Å²) < 4.78 is 10.8. The Balaban J connectivity index is 2.24. The number of hydrogen-bond donors (Lipinski definition) is 2. The minimum absolute atomic E-state index is 0.425. The highest BCUT2D eigenvalue weighted by Crippen LogP contribution is 2.07. The van der Waals surface area contributed by atoms with E-state index in [0.717, 1.165) is 19.4 Å². The highest BCUT2D eigenvalue weighted by Gasteiger charge is 2.10. The average Bonchev–Trinajstić information content (AvgIpc) is 2.34. The third-order valence-corrected chi connectivity index (χ3v) is 2.29. The van der Waals surface area contributed by atoms with Gasteiger partial charge in [0.2, 0.25) is 0 Å². The van der Waals surface area contributed by atoms with Gasteiger partial charge in [-0.1, -0.05) is 25.5 Å². The standard InChI is InChI=1S/C12H19BO4/c1-2-3-7-16-8-9-17-12-6-4-5-11(10-12)13(14)15/h4-6,10,14-15H,2-3,7-9H2,1H3. The van der Waals surface area contributed by atoms with Gasteiger partial charge in [0.1, 0.15) is 12.4 Å². The van der Waals surface area contributed by atoms with E-state index in [1.165, 1.54) is 0 Å². The Hall–Kier alpha value is -1.04. The molecule has 1 aromatic rings. The molecule has 1 aromatic carbocycles. The van der Waals surface area contributed by atoms with Gasteiger partial charge in [-0.2, -0.15) is 0 Å². The van der Waals surface area contributed by atoms with Crippen LogP contribution in [0.5, 0.6) is 5.75 Å². The fraction of sp³-hybridized carbons (Fsp3) is 0.500. The molecule has 5 heteroatoms. The third kappa shape index (κ3) is 5.72. The van der Waals surface area contributed by atoms with Crippen molar-refractivity contribution in [3.05, 3.63) is 24.3 Å². The maximum absolute atomic E-state index is 8.99. The highest BCUT2D eigenvalue weighted by molar-refractivity contribution is 6.58. The van der Waals surface area contributed by atoms with Crippen molar-refractivity contribution in [3.63, 3.8) is 0 Å². The van der Waals surface area contributed by atoms with Gasteiger partial charge in [0.15, 0.2) is 0 Å². The molecule has 0 saturated carbocycles. The van der Waals surface area contributed by atoms with Gasteiger partial charge in [-0.15, -0.1) is 0 Å². The Morgan fingerprint density at radius 1 is 1.18 bits per heavy atom. The van der Waals surface area contributed by atoms with E-state index < -0.39 is 7.12 Å². The van der Waals surface area contributed by atoms with Crippen molar-refractivity contribution < 1.29 is 19.5 Å². The molecule has 0 aromatic heterocycles. The number of benzene rings is 1. The van der Waals surface area contributed by atoms with Gasteiger partial charge in [0.25, 0.3) is 0 Å². The van der Waals surface area contributed by atoms with Crippen LogP contribution in [0.15, 0.2) is 24.3 Å². The van der Waals surface area contributed by atoms with Crippen molar-refractivity contribution in [2.75, 3.05) is 19.8 Å². The lowest BCUT2D eigenvalue weighted by Crippen LogP contribution is -2.29. The van der Waals surface area contributed by atoms with E-state index >= 15 is 0 Å². The van der Waals surface area contributed by atoms with E-state index in [4.69, 9.17) is 19.5 Å². The van der Waals surface area contributed by atoms with Crippen molar-refractivity contribution in [2.45, 2.75) is 19.8 Å². The maximum Gasteiger partial charge on any atom is 0.488 e. The van der Waals surface area contributed by atoms with E-state index in [0.29, 0.717) is 24.4 Å². The molecule has 1 rings (SSSR count). The summed E-state index contributed by atoms with van der Waals surface area (Å²) in [6.07, 6.45) is 2.18. The summed E-state index contributed by atoms with van der Waals surface area (Å²) >= 11 is 0. The van der Waals surface area contributed by atoms with Crippen LogP contribution in [0.4, 0.5) is 0 Å². The molecule has 0 heterocycles. The molecule has 94 valence electrons. The summed E-state index contributed by atoms with van der Waals surface area (Å²) in [6.45, 7) is 3.89. The fourth-order valence-corrected chi connectivity index (χ4v) is 1.33. The molecule has 0 unspecified atom stereocenters. The van der Waals surface area contributed by atoms with E-state index in [1.54, 1.807) is 24.3 Å². The van der Waals surface area contributed by atoms with Crippen LogP contribution in [-0.2, 0) is 4.74 Å². The SMILES string of the molecule is CCCCOCCOc1cccc(B(O)O)c1. The second kappa shape index (κ2) is 8.11. The van der Waals surface area contributed by atoms with Crippen molar-refractivity contribution in [1.29, 1.82) is 0 Å². The van der Waals surface area contributed by atoms with Crippen LogP contribution in [0, 0.1) is 0 Å². The first-order chi connectivity index (χ1) is 8.24. The van der Waals surface area contributed by atoms with Crippen LogP contribution in [0.1, 0.15) is 19.8 Å². The lowest BCUT2D eigenvalue weighted by molar-refractivity contribution is 0.0981. The Morgan fingerprint density at radius 3 is 2.71 bits per heavy atom. The monoisotopic (exact) mass is 238 g/mol. The summed E-state index contributed by atoms with van der Waals surface area (Å²) in [4.78, 5) is 0. The van der Waals surface area contributed by atoms with Crippen LogP contribution in [0.3, 0.4) is 0 Å². The predicted octanol–water partition coefficient (Wildman–Crippen LogP) is 0.562. The van der Waals surface area contributed by atoms with Crippen molar-refractivity contribution in [2.24, 2.45) is 0 Å². The zero-order chi connectivity index (χ0) is 12.5. The minimum atomic E-state index is -1.46. The lowest BCUT2D eigenvalue weighted by atomic mass is 9.80. The Kier molecular flexibility index (Phi) is 6.70. The summed E-state index contributed by atoms with van der Waals surface area (Å²) in [7, 11) is -1.46. The smallest absolute Gasteiger partial charge is 0.488 e. The zero-order valence-corrected chi connectivity index (χ0v) is 10.1. The van der Waals surface area contributed by atoms with Crippen LogP contribution in [0.2, 0.25) is 0 Å². The van der Waals surface area contributed by atoms with E-state index in [-0.39, 0.29) is 0 Å². The number of unbranched alkanes of at least 4 members (excludes halogenated alkanes) is 1. The molecule has 0 aliphatic heterocycles. The number of rotatable bonds is 8. The molecule has 0 spiro atoms. The first kappa shape index (κ1) is 14.0. The van der Waals surface area contributed by atoms with Crippen LogP contribution in [0.25, 0.3) is 0 Å². The second-order valence-electron chi connectivity index (χ2n) is 3.76. The van der Waals surface area contributed by atoms with E-state index in [1.807, 2.05) is 0 Å². The molecule has 0 amide bonds. The van der Waals surface area contributed by atoms with Crippen molar-refractivity contribution >= 4 is 12.6 Å². The van der Waals surface area contributed by atoms with E-state index in [2.05, 4.69) is 6.92 Å². The second-order valence-corrected chi connectivity index (χ2v) is 3.76. The molecule has 4 nitrogen and oxygen atoms in total. The first-order valence-corrected chi connectivity index (χ1v) is 5.90. The lowest BCUT2D eigenvalue weighted by Gasteiger charge is -2.08. The molecular weight excluding hydrogens is 219 g/mol. The summed E-state index contributed by atoms with van der Waals surface area (Å²) in [6, 6.07) is 6.74. The minimum Gasteiger partial charge on any atom is -0.491 e. The van der Waals surface area contributed by atoms with Gasteiger partial charge in [-0.25, -0.2) is 0 Å². The highest BCUT2D eigenvalue weighted by atomic mass is 16.5. The Bertz CT molecular complexity index is 317. The molecule has 0 aliphatic carbocycles. The van der Waals surface area contributed by atoms with Crippen molar-refractivity contribution in [1.82, 2.24) is 0 Å². The molecule has 0 atom stereocenters. The maximum atomic E-state index is 8.99. The summed E-state index contributed by atoms with van der Waals surface area (Å²) in [5.41, 5.74) is 0.425. The fourth-order valence-electron chi connectivity index (χ4n) is 1.33. The van der Waals surface area contributed by atoms with Crippen LogP contribution >= 0.6 is 0 Å². The largest absolute Gasteiger partial charge is 0.491 e. The van der Waals surface area contributed by atoms with Crippen LogP contribution in [-0.4, -0.2) is 37.0 Å². The van der Waals surface area contributed by atoms with Gasteiger partial charge < -0.3 is 19.5 Å². The molecule has 0 fully saturated rings. The molecule has 0 radical (unpaired) electrons. The molecule has 0 bridgehead atoms. The topological polar surface area (TPSA) is 58.9 Å². The number of ether oxygens (including phenoxy) is 2. The molecule has 0 aliphatic rings. The predicted molar refractivity (Wildman–Crippen MR) is 67.5 cm³/mol. The van der Waals surface area contributed by atoms with Gasteiger partial charge in [-0.3, -0.25) is 0 Å². The van der Waals surface area contributed by atoms with E-state index in [9.17, 15) is 0 Å². The van der Waals surface area contributed by atoms with Gasteiger partial charge in [0.05, 0.1) is 6.61 Å². The van der Waals surface area contributed by atoms with Crippen LogP contribution < -0.4 is 10.2 Å². The normalized spacial score (nSPS) is 10.3. The number of hydrogen-bond acceptors (Lipinski definition) is 4. The van der Waals surface area contributed by atoms with Crippen molar-refractivity contribution in [3.8, 4) is 5.75 Å². The quantitative estimate of drug-likeness (QED) is 0.513. The molecule has 17 heavy (non-hydrogen) atoms. The molecular formula is C12H19BO4. The van der Waals surface area contributed by atoms with Gasteiger partial charge in [-0.05, 0) is 24.0 Å². The molecule has 2 N–H and O–H groups in total. The first-order valence-electron chi connectivity index (χ1n) is 5.90. The van der Waals surface area contributed by atoms with Gasteiger partial charge in [0, 0.05) is 6.61 Å². The summed E-state index contributed by atoms with van der Waals surface area (Å²) in [5, 5.41) is 18.0. The zero-order valence-electron chi connectivity index (χ0n) is 10.1. The van der Waals surface area contributed by atoms with Gasteiger partial charge >= 0.3 is 7.12 Å². The Labute approximate surface area is 102 Å². The molecule has 0 saturated heterocycles. The average molecular weight is 238 g/mol. The third-order valence-electron chi connectivity index (χ3n) is 2.29. The summed E-state index contributed by atoms with van der Waals surface area (Å²) in [5.74, 6) is 0.620. The Morgan fingerprint density at radius 2 is 2.00 bits per heavy atom.